The minimum atomic E-state index is 0.116. The first-order valence-electron chi connectivity index (χ1n) is 6.85. The van der Waals surface area contributed by atoms with Gasteiger partial charge in [0.15, 0.2) is 11.6 Å². The molecule has 2 heteroatoms. The Bertz CT molecular complexity index is 515. The van der Waals surface area contributed by atoms with Crippen molar-refractivity contribution in [2.75, 3.05) is 0 Å². The van der Waals surface area contributed by atoms with E-state index in [0.717, 1.165) is 36.0 Å². The fourth-order valence-corrected chi connectivity index (χ4v) is 2.53. The van der Waals surface area contributed by atoms with Crippen LogP contribution in [0.3, 0.4) is 0 Å². The highest BCUT2D eigenvalue weighted by molar-refractivity contribution is 5.94. The molecular weight excluding hydrogens is 236 g/mol. The van der Waals surface area contributed by atoms with Crippen LogP contribution in [0.15, 0.2) is 47.1 Å². The molecule has 0 radical (unpaired) electrons. The number of Topliss-reactive ketones (excluding diaryl/α,β-unsaturated/α-hetero) is 1. The molecule has 0 heterocycles. The van der Waals surface area contributed by atoms with E-state index in [2.05, 4.69) is 12.2 Å². The van der Waals surface area contributed by atoms with E-state index in [1.165, 1.54) is 0 Å². The lowest BCUT2D eigenvalue weighted by Crippen LogP contribution is -2.03. The molecule has 0 aromatic heterocycles. The van der Waals surface area contributed by atoms with Crippen molar-refractivity contribution < 1.29 is 9.59 Å². The van der Waals surface area contributed by atoms with Gasteiger partial charge in [-0.25, -0.2) is 0 Å². The molecule has 0 bridgehead atoms. The molecular formula is C17H20O2. The fraction of sp³-hybridized carbons (Fsp3) is 0.412. The molecule has 0 spiro atoms. The van der Waals surface area contributed by atoms with Crippen molar-refractivity contribution in [1.29, 1.82) is 0 Å². The topological polar surface area (TPSA) is 34.1 Å². The summed E-state index contributed by atoms with van der Waals surface area (Å²) in [5.74, 6) is 0.557. The Morgan fingerprint density at radius 2 is 2.11 bits per heavy atom. The van der Waals surface area contributed by atoms with Crippen molar-refractivity contribution in [2.24, 2.45) is 5.92 Å². The first-order chi connectivity index (χ1) is 9.06. The number of carbonyl (C=O) groups is 2. The third-order valence-corrected chi connectivity index (χ3v) is 3.80. The van der Waals surface area contributed by atoms with Gasteiger partial charge in [0.25, 0.3) is 0 Å². The first-order valence-corrected chi connectivity index (χ1v) is 6.85. The van der Waals surface area contributed by atoms with E-state index < -0.39 is 0 Å². The summed E-state index contributed by atoms with van der Waals surface area (Å²) in [5.41, 5.74) is 3.05. The van der Waals surface area contributed by atoms with Crippen LogP contribution >= 0.6 is 0 Å². The van der Waals surface area contributed by atoms with Gasteiger partial charge in [0, 0.05) is 6.42 Å². The van der Waals surface area contributed by atoms with Crippen molar-refractivity contribution in [1.82, 2.24) is 0 Å². The Labute approximate surface area is 114 Å². The van der Waals surface area contributed by atoms with Gasteiger partial charge in [-0.2, -0.15) is 0 Å². The number of ketones is 2. The van der Waals surface area contributed by atoms with Gasteiger partial charge in [-0.05, 0) is 61.8 Å². The molecule has 0 amide bonds. The van der Waals surface area contributed by atoms with Gasteiger partial charge in [0.1, 0.15) is 0 Å². The maximum Gasteiger partial charge on any atom is 0.156 e. The molecule has 2 rings (SSSR count). The smallest absolute Gasteiger partial charge is 0.156 e. The quantitative estimate of drug-likeness (QED) is 0.719. The molecule has 19 heavy (non-hydrogen) atoms. The summed E-state index contributed by atoms with van der Waals surface area (Å²) in [4.78, 5) is 23.3. The second-order valence-corrected chi connectivity index (χ2v) is 5.36. The van der Waals surface area contributed by atoms with E-state index >= 15 is 0 Å². The van der Waals surface area contributed by atoms with Gasteiger partial charge in [0.05, 0.1) is 0 Å². The molecule has 0 saturated carbocycles. The molecule has 100 valence electrons. The lowest BCUT2D eigenvalue weighted by Gasteiger charge is -2.06. The Balaban J connectivity index is 1.93. The summed E-state index contributed by atoms with van der Waals surface area (Å²) in [5, 5.41) is 0. The SMILES string of the molecule is CC(=O)/C(C)=C1\C=CC(CC(=O)/C=C2\C=CCC2)C1. The zero-order chi connectivity index (χ0) is 13.8. The number of rotatable bonds is 4. The third kappa shape index (κ3) is 3.63. The van der Waals surface area contributed by atoms with Gasteiger partial charge in [-0.3, -0.25) is 9.59 Å². The van der Waals surface area contributed by atoms with Crippen LogP contribution in [0.25, 0.3) is 0 Å². The van der Waals surface area contributed by atoms with Crippen LogP contribution in [-0.2, 0) is 9.59 Å². The van der Waals surface area contributed by atoms with Crippen LogP contribution in [0.1, 0.15) is 39.5 Å². The summed E-state index contributed by atoms with van der Waals surface area (Å²) in [6.45, 7) is 3.45. The van der Waals surface area contributed by atoms with Gasteiger partial charge in [-0.15, -0.1) is 0 Å². The van der Waals surface area contributed by atoms with Crippen molar-refractivity contribution >= 4 is 11.6 Å². The van der Waals surface area contributed by atoms with Gasteiger partial charge >= 0.3 is 0 Å². The Hall–Kier alpha value is -1.70. The Morgan fingerprint density at radius 3 is 2.74 bits per heavy atom. The van der Waals surface area contributed by atoms with Gasteiger partial charge in [0.2, 0.25) is 0 Å². The van der Waals surface area contributed by atoms with E-state index in [-0.39, 0.29) is 17.5 Å². The average Bonchev–Trinajstić information content (AvgIpc) is 2.99. The van der Waals surface area contributed by atoms with Crippen molar-refractivity contribution in [3.8, 4) is 0 Å². The summed E-state index contributed by atoms with van der Waals surface area (Å²) in [6, 6.07) is 0. The van der Waals surface area contributed by atoms with E-state index in [0.29, 0.717) is 6.42 Å². The number of carbonyl (C=O) groups excluding carboxylic acids is 2. The maximum atomic E-state index is 11.9. The highest BCUT2D eigenvalue weighted by atomic mass is 16.1. The molecule has 0 aromatic carbocycles. The number of allylic oxidation sites excluding steroid dienone is 8. The number of hydrogen-bond donors (Lipinski definition) is 0. The lowest BCUT2D eigenvalue weighted by molar-refractivity contribution is -0.115. The van der Waals surface area contributed by atoms with Crippen LogP contribution in [0.5, 0.6) is 0 Å². The monoisotopic (exact) mass is 256 g/mol. The summed E-state index contributed by atoms with van der Waals surface area (Å²) in [7, 11) is 0. The largest absolute Gasteiger partial charge is 0.295 e. The molecule has 1 unspecified atom stereocenters. The van der Waals surface area contributed by atoms with Crippen molar-refractivity contribution in [3.05, 3.63) is 47.1 Å². The third-order valence-electron chi connectivity index (χ3n) is 3.80. The maximum absolute atomic E-state index is 11.9. The average molecular weight is 256 g/mol. The zero-order valence-electron chi connectivity index (χ0n) is 11.6. The predicted molar refractivity (Wildman–Crippen MR) is 76.7 cm³/mol. The second-order valence-electron chi connectivity index (χ2n) is 5.36. The van der Waals surface area contributed by atoms with Crippen LogP contribution in [0, 0.1) is 5.92 Å². The zero-order valence-corrected chi connectivity index (χ0v) is 11.6. The van der Waals surface area contributed by atoms with Crippen molar-refractivity contribution in [2.45, 2.75) is 39.5 Å². The number of hydrogen-bond acceptors (Lipinski definition) is 2. The summed E-state index contributed by atoms with van der Waals surface area (Å²) in [6.07, 6.45) is 13.4. The molecule has 2 aliphatic carbocycles. The van der Waals surface area contributed by atoms with Crippen LogP contribution < -0.4 is 0 Å². The normalized spacial score (nSPS) is 26.2. The minimum Gasteiger partial charge on any atom is -0.295 e. The van der Waals surface area contributed by atoms with E-state index in [1.54, 1.807) is 13.0 Å². The van der Waals surface area contributed by atoms with E-state index in [1.807, 2.05) is 19.1 Å². The summed E-state index contributed by atoms with van der Waals surface area (Å²) < 4.78 is 0. The Morgan fingerprint density at radius 1 is 1.32 bits per heavy atom. The van der Waals surface area contributed by atoms with Crippen molar-refractivity contribution in [3.63, 3.8) is 0 Å². The van der Waals surface area contributed by atoms with Crippen LogP contribution in [0.2, 0.25) is 0 Å². The van der Waals surface area contributed by atoms with Gasteiger partial charge in [-0.1, -0.05) is 24.3 Å². The molecule has 0 aromatic rings. The second kappa shape index (κ2) is 5.96. The fourth-order valence-electron chi connectivity index (χ4n) is 2.53. The lowest BCUT2D eigenvalue weighted by atomic mass is 9.97. The molecule has 0 fully saturated rings. The van der Waals surface area contributed by atoms with Gasteiger partial charge < -0.3 is 0 Å². The molecule has 0 saturated heterocycles. The standard InChI is InChI=1S/C17H20O2/c1-12(13(2)18)16-8-7-15(9-16)11-17(19)10-14-5-3-4-6-14/h3,5,7-8,10,15H,4,6,9,11H2,1-2H3/b14-10+,16-12+. The molecule has 2 nitrogen and oxygen atoms in total. The molecule has 2 aliphatic rings. The highest BCUT2D eigenvalue weighted by Crippen LogP contribution is 2.28. The molecule has 0 N–H and O–H groups in total. The van der Waals surface area contributed by atoms with E-state index in [9.17, 15) is 9.59 Å². The summed E-state index contributed by atoms with van der Waals surface area (Å²) >= 11 is 0. The minimum absolute atomic E-state index is 0.116. The highest BCUT2D eigenvalue weighted by Gasteiger charge is 2.19. The first kappa shape index (κ1) is 13.7. The molecule has 0 aliphatic heterocycles. The van der Waals surface area contributed by atoms with E-state index in [4.69, 9.17) is 0 Å². The Kier molecular flexibility index (Phi) is 4.31. The molecule has 1 atom stereocenters. The van der Waals surface area contributed by atoms with Crippen LogP contribution in [-0.4, -0.2) is 11.6 Å². The predicted octanol–water partition coefficient (Wildman–Crippen LogP) is 3.70. The van der Waals surface area contributed by atoms with Crippen LogP contribution in [0.4, 0.5) is 0 Å².